The second-order valence-corrected chi connectivity index (χ2v) is 3.46. The monoisotopic (exact) mass is 234 g/mol. The maximum atomic E-state index is 11.4. The Bertz CT molecular complexity index is 409. The van der Waals surface area contributed by atoms with Crippen LogP contribution in [0.3, 0.4) is 0 Å². The zero-order valence-electron chi connectivity index (χ0n) is 9.64. The van der Waals surface area contributed by atoms with Crippen molar-refractivity contribution in [1.29, 1.82) is 0 Å². The van der Waals surface area contributed by atoms with Gasteiger partial charge in [0.2, 0.25) is 0 Å². The second-order valence-electron chi connectivity index (χ2n) is 3.46. The van der Waals surface area contributed by atoms with E-state index in [1.807, 2.05) is 6.92 Å². The van der Waals surface area contributed by atoms with Gasteiger partial charge in [0.1, 0.15) is 0 Å². The van der Waals surface area contributed by atoms with Gasteiger partial charge < -0.3 is 0 Å². The molecule has 0 spiro atoms. The molecule has 1 rings (SSSR count). The molecule has 0 fully saturated rings. The van der Waals surface area contributed by atoms with Crippen LogP contribution in [0.1, 0.15) is 30.1 Å². The van der Waals surface area contributed by atoms with Crippen LogP contribution in [-0.4, -0.2) is 11.9 Å². The average Bonchev–Trinajstić information content (AvgIpc) is 2.36. The Morgan fingerprint density at radius 1 is 1.18 bits per heavy atom. The molecule has 0 N–H and O–H groups in total. The molecule has 1 aromatic rings. The largest absolute Gasteiger partial charge is 0.386 e. The summed E-state index contributed by atoms with van der Waals surface area (Å²) in [7, 11) is 0. The number of carbonyl (C=O) groups is 2. The predicted molar refractivity (Wildman–Crippen MR) is 62.0 cm³/mol. The number of benzene rings is 1. The van der Waals surface area contributed by atoms with Crippen LogP contribution in [0, 0.1) is 0 Å². The predicted octanol–water partition coefficient (Wildman–Crippen LogP) is 2.66. The van der Waals surface area contributed by atoms with E-state index in [4.69, 9.17) is 0 Å². The smallest absolute Gasteiger partial charge is 0.242 e. The zero-order valence-corrected chi connectivity index (χ0v) is 9.64. The van der Waals surface area contributed by atoms with Gasteiger partial charge in [-0.25, -0.2) is 19.4 Å². The highest BCUT2D eigenvalue weighted by Crippen LogP contribution is 2.06. The van der Waals surface area contributed by atoms with Crippen LogP contribution < -0.4 is 0 Å². The molecule has 0 aliphatic carbocycles. The minimum atomic E-state index is -0.712. The van der Waals surface area contributed by atoms with Crippen molar-refractivity contribution in [2.45, 2.75) is 19.8 Å². The highest BCUT2D eigenvalue weighted by atomic mass is 17.2. The van der Waals surface area contributed by atoms with E-state index < -0.39 is 11.9 Å². The zero-order chi connectivity index (χ0) is 12.7. The van der Waals surface area contributed by atoms with Gasteiger partial charge in [-0.05, 0) is 18.6 Å². The molecule has 0 aliphatic heterocycles. The molecule has 0 heterocycles. The van der Waals surface area contributed by atoms with Gasteiger partial charge in [-0.2, -0.15) is 0 Å². The van der Waals surface area contributed by atoms with Gasteiger partial charge in [0.25, 0.3) is 0 Å². The van der Waals surface area contributed by atoms with Crippen LogP contribution in [0.25, 0.3) is 0 Å². The lowest BCUT2D eigenvalue weighted by Crippen LogP contribution is -2.12. The van der Waals surface area contributed by atoms with E-state index in [1.54, 1.807) is 30.3 Å². The summed E-state index contributed by atoms with van der Waals surface area (Å²) in [5.74, 6) is -1.42. The minimum absolute atomic E-state index is 0.286. The van der Waals surface area contributed by atoms with Crippen LogP contribution in [0.2, 0.25) is 0 Å². The Kier molecular flexibility index (Phi) is 4.94. The van der Waals surface area contributed by atoms with Crippen molar-refractivity contribution in [1.82, 2.24) is 0 Å². The molecule has 0 radical (unpaired) electrons. The molecule has 0 saturated heterocycles. The van der Waals surface area contributed by atoms with Gasteiger partial charge in [0.15, 0.2) is 0 Å². The normalized spacial score (nSPS) is 9.47. The summed E-state index contributed by atoms with van der Waals surface area (Å²) >= 11 is 0. The molecule has 17 heavy (non-hydrogen) atoms. The molecule has 90 valence electrons. The molecule has 0 aliphatic rings. The third-order valence-corrected chi connectivity index (χ3v) is 2.04. The van der Waals surface area contributed by atoms with E-state index in [0.717, 1.165) is 6.42 Å². The Morgan fingerprint density at radius 3 is 2.41 bits per heavy atom. The topological polar surface area (TPSA) is 52.6 Å². The first-order valence-corrected chi connectivity index (χ1v) is 5.31. The molecule has 0 unspecified atom stereocenters. The fourth-order valence-electron chi connectivity index (χ4n) is 1.16. The Labute approximate surface area is 99.8 Å². The van der Waals surface area contributed by atoms with Crippen LogP contribution in [0.15, 0.2) is 42.5 Å². The third-order valence-electron chi connectivity index (χ3n) is 2.04. The van der Waals surface area contributed by atoms with E-state index in [2.05, 4.69) is 16.4 Å². The van der Waals surface area contributed by atoms with Crippen molar-refractivity contribution >= 4 is 11.9 Å². The molecule has 0 atom stereocenters. The standard InChI is InChI=1S/C13H14O4/c1-3-7-10(2)12(14)16-17-13(15)11-8-5-4-6-9-11/h4-6,8-9H,2-3,7H2,1H3. The van der Waals surface area contributed by atoms with Crippen LogP contribution >= 0.6 is 0 Å². The lowest BCUT2D eigenvalue weighted by atomic mass is 10.2. The first kappa shape index (κ1) is 13.0. The molecule has 4 heteroatoms. The van der Waals surface area contributed by atoms with E-state index >= 15 is 0 Å². The summed E-state index contributed by atoms with van der Waals surface area (Å²) in [4.78, 5) is 31.5. The highest BCUT2D eigenvalue weighted by molar-refractivity contribution is 5.91. The van der Waals surface area contributed by atoms with Crippen LogP contribution in [0.4, 0.5) is 0 Å². The van der Waals surface area contributed by atoms with Crippen molar-refractivity contribution in [3.05, 3.63) is 48.0 Å². The summed E-state index contributed by atoms with van der Waals surface area (Å²) in [6.07, 6.45) is 1.29. The molecule has 0 bridgehead atoms. The first-order chi connectivity index (χ1) is 8.15. The van der Waals surface area contributed by atoms with E-state index in [-0.39, 0.29) is 5.57 Å². The van der Waals surface area contributed by atoms with Gasteiger partial charge in [-0.3, -0.25) is 0 Å². The Morgan fingerprint density at radius 2 is 1.82 bits per heavy atom. The van der Waals surface area contributed by atoms with Crippen molar-refractivity contribution in [3.63, 3.8) is 0 Å². The summed E-state index contributed by atoms with van der Waals surface area (Å²) < 4.78 is 0. The van der Waals surface area contributed by atoms with E-state index in [1.165, 1.54) is 0 Å². The summed E-state index contributed by atoms with van der Waals surface area (Å²) in [6, 6.07) is 8.28. The molecule has 0 aromatic heterocycles. The Hall–Kier alpha value is -2.10. The minimum Gasteiger partial charge on any atom is -0.242 e. The maximum Gasteiger partial charge on any atom is 0.386 e. The van der Waals surface area contributed by atoms with Gasteiger partial charge in [-0.15, -0.1) is 0 Å². The third kappa shape index (κ3) is 4.10. The Balaban J connectivity index is 2.44. The molecule has 0 amide bonds. The maximum absolute atomic E-state index is 11.4. The van der Waals surface area contributed by atoms with Gasteiger partial charge in [0, 0.05) is 5.57 Å². The number of carbonyl (C=O) groups excluding carboxylic acids is 2. The van der Waals surface area contributed by atoms with E-state index in [0.29, 0.717) is 12.0 Å². The molecule has 1 aromatic carbocycles. The fourth-order valence-corrected chi connectivity index (χ4v) is 1.16. The second kappa shape index (κ2) is 6.48. The van der Waals surface area contributed by atoms with Crippen LogP contribution in [0.5, 0.6) is 0 Å². The summed E-state index contributed by atoms with van der Waals surface area (Å²) in [5.41, 5.74) is 0.606. The lowest BCUT2D eigenvalue weighted by Gasteiger charge is -2.04. The van der Waals surface area contributed by atoms with Crippen molar-refractivity contribution < 1.29 is 19.4 Å². The van der Waals surface area contributed by atoms with E-state index in [9.17, 15) is 9.59 Å². The fraction of sp³-hybridized carbons (Fsp3) is 0.231. The molecule has 0 saturated carbocycles. The lowest BCUT2D eigenvalue weighted by molar-refractivity contribution is -0.229. The van der Waals surface area contributed by atoms with Gasteiger partial charge >= 0.3 is 11.9 Å². The number of rotatable bonds is 4. The van der Waals surface area contributed by atoms with Gasteiger partial charge in [0.05, 0.1) is 5.56 Å². The SMILES string of the molecule is C=C(CCC)C(=O)OOC(=O)c1ccccc1. The number of hydrogen-bond donors (Lipinski definition) is 0. The summed E-state index contributed by atoms with van der Waals surface area (Å²) in [6.45, 7) is 5.44. The number of hydrogen-bond acceptors (Lipinski definition) is 4. The van der Waals surface area contributed by atoms with Crippen molar-refractivity contribution in [2.24, 2.45) is 0 Å². The molecule has 4 nitrogen and oxygen atoms in total. The summed E-state index contributed by atoms with van der Waals surface area (Å²) in [5, 5.41) is 0. The molecular formula is C13H14O4. The first-order valence-electron chi connectivity index (χ1n) is 5.31. The van der Waals surface area contributed by atoms with Crippen LogP contribution in [-0.2, 0) is 14.6 Å². The van der Waals surface area contributed by atoms with Gasteiger partial charge in [-0.1, -0.05) is 38.1 Å². The molecular weight excluding hydrogens is 220 g/mol. The highest BCUT2D eigenvalue weighted by Gasteiger charge is 2.13. The average molecular weight is 234 g/mol. The van der Waals surface area contributed by atoms with Crippen molar-refractivity contribution in [2.75, 3.05) is 0 Å². The van der Waals surface area contributed by atoms with Crippen molar-refractivity contribution in [3.8, 4) is 0 Å². The quantitative estimate of drug-likeness (QED) is 0.456.